The summed E-state index contributed by atoms with van der Waals surface area (Å²) in [6.07, 6.45) is 2.35. The van der Waals surface area contributed by atoms with Crippen molar-refractivity contribution in [3.8, 4) is 0 Å². The van der Waals surface area contributed by atoms with Crippen LogP contribution in [0.5, 0.6) is 0 Å². The Kier molecular flexibility index (Phi) is 4.61. The first-order chi connectivity index (χ1) is 9.13. The van der Waals surface area contributed by atoms with E-state index in [9.17, 15) is 4.79 Å². The zero-order valence-corrected chi connectivity index (χ0v) is 11.7. The van der Waals surface area contributed by atoms with E-state index in [1.165, 1.54) is 0 Å². The smallest absolute Gasteiger partial charge is 0.320 e. The molecule has 1 aliphatic rings. The van der Waals surface area contributed by atoms with Crippen molar-refractivity contribution in [2.75, 3.05) is 31.1 Å². The number of hydrogen-bond acceptors (Lipinski definition) is 4. The Morgan fingerprint density at radius 3 is 2.68 bits per heavy atom. The molecule has 1 N–H and O–H groups in total. The number of pyridine rings is 1. The second-order valence-corrected chi connectivity index (χ2v) is 5.00. The average molecular weight is 284 g/mol. The fraction of sp³-hybridized carbons (Fsp3) is 0.538. The van der Waals surface area contributed by atoms with Crippen molar-refractivity contribution in [3.05, 3.63) is 23.4 Å². The van der Waals surface area contributed by atoms with E-state index < -0.39 is 5.97 Å². The minimum absolute atomic E-state index is 0.388. The number of halogens is 1. The SMILES string of the molecule is CCC(C(=O)O)N1CCN(c2ncccc2Cl)CC1. The lowest BCUT2D eigenvalue weighted by Gasteiger charge is -2.38. The second kappa shape index (κ2) is 6.21. The normalized spacial score (nSPS) is 18.3. The third-order valence-electron chi connectivity index (χ3n) is 3.47. The highest BCUT2D eigenvalue weighted by molar-refractivity contribution is 6.32. The van der Waals surface area contributed by atoms with Gasteiger partial charge in [-0.05, 0) is 18.6 Å². The zero-order valence-electron chi connectivity index (χ0n) is 10.9. The van der Waals surface area contributed by atoms with Gasteiger partial charge >= 0.3 is 5.97 Å². The van der Waals surface area contributed by atoms with Crippen LogP contribution in [0.15, 0.2) is 18.3 Å². The van der Waals surface area contributed by atoms with Crippen molar-refractivity contribution in [2.24, 2.45) is 0 Å². The molecule has 6 heteroatoms. The van der Waals surface area contributed by atoms with Crippen LogP contribution in [0.3, 0.4) is 0 Å². The lowest BCUT2D eigenvalue weighted by atomic mass is 10.1. The van der Waals surface area contributed by atoms with Gasteiger partial charge in [0.15, 0.2) is 0 Å². The summed E-state index contributed by atoms with van der Waals surface area (Å²) in [6.45, 7) is 4.84. The standard InChI is InChI=1S/C13H18ClN3O2/c1-2-11(13(18)19)16-6-8-17(9-7-16)12-10(14)4-3-5-15-12/h3-5,11H,2,6-9H2,1H3,(H,18,19). The van der Waals surface area contributed by atoms with Crippen molar-refractivity contribution < 1.29 is 9.90 Å². The molecule has 1 aromatic heterocycles. The Morgan fingerprint density at radius 1 is 1.47 bits per heavy atom. The van der Waals surface area contributed by atoms with Gasteiger partial charge in [-0.15, -0.1) is 0 Å². The van der Waals surface area contributed by atoms with Crippen LogP contribution in [-0.4, -0.2) is 53.2 Å². The number of piperazine rings is 1. The maximum atomic E-state index is 11.1. The van der Waals surface area contributed by atoms with Crippen LogP contribution in [0.4, 0.5) is 5.82 Å². The van der Waals surface area contributed by atoms with E-state index in [0.29, 0.717) is 11.4 Å². The highest BCUT2D eigenvalue weighted by atomic mass is 35.5. The van der Waals surface area contributed by atoms with Crippen molar-refractivity contribution >= 4 is 23.4 Å². The minimum Gasteiger partial charge on any atom is -0.480 e. The van der Waals surface area contributed by atoms with Gasteiger partial charge in [-0.25, -0.2) is 4.98 Å². The van der Waals surface area contributed by atoms with Crippen LogP contribution in [0.25, 0.3) is 0 Å². The van der Waals surface area contributed by atoms with Gasteiger partial charge in [-0.3, -0.25) is 9.69 Å². The predicted molar refractivity (Wildman–Crippen MR) is 74.7 cm³/mol. The maximum absolute atomic E-state index is 11.1. The molecular weight excluding hydrogens is 266 g/mol. The van der Waals surface area contributed by atoms with E-state index in [1.54, 1.807) is 12.3 Å². The quantitative estimate of drug-likeness (QED) is 0.912. The molecule has 104 valence electrons. The summed E-state index contributed by atoms with van der Waals surface area (Å²) >= 11 is 6.12. The average Bonchev–Trinajstić information content (AvgIpc) is 2.41. The van der Waals surface area contributed by atoms with Gasteiger partial charge in [-0.1, -0.05) is 18.5 Å². The van der Waals surface area contributed by atoms with Gasteiger partial charge in [0, 0.05) is 32.4 Å². The second-order valence-electron chi connectivity index (χ2n) is 4.59. The zero-order chi connectivity index (χ0) is 13.8. The first-order valence-electron chi connectivity index (χ1n) is 6.45. The number of anilines is 1. The van der Waals surface area contributed by atoms with E-state index >= 15 is 0 Å². The number of carboxylic acid groups (broad SMARTS) is 1. The van der Waals surface area contributed by atoms with E-state index in [0.717, 1.165) is 32.0 Å². The molecule has 0 aromatic carbocycles. The molecule has 2 heterocycles. The number of nitrogens with zero attached hydrogens (tertiary/aromatic N) is 3. The fourth-order valence-electron chi connectivity index (χ4n) is 2.44. The lowest BCUT2D eigenvalue weighted by Crippen LogP contribution is -2.52. The van der Waals surface area contributed by atoms with Crippen molar-refractivity contribution in [2.45, 2.75) is 19.4 Å². The topological polar surface area (TPSA) is 56.7 Å². The summed E-state index contributed by atoms with van der Waals surface area (Å²) < 4.78 is 0. The Balaban J connectivity index is 2.00. The fourth-order valence-corrected chi connectivity index (χ4v) is 2.69. The summed E-state index contributed by atoms with van der Waals surface area (Å²) in [7, 11) is 0. The van der Waals surface area contributed by atoms with Crippen LogP contribution >= 0.6 is 11.6 Å². The third kappa shape index (κ3) is 3.16. The third-order valence-corrected chi connectivity index (χ3v) is 3.76. The monoisotopic (exact) mass is 283 g/mol. The van der Waals surface area contributed by atoms with E-state index in [1.807, 2.05) is 17.9 Å². The number of aliphatic carboxylic acids is 1. The van der Waals surface area contributed by atoms with E-state index in [-0.39, 0.29) is 6.04 Å². The molecule has 0 spiro atoms. The first-order valence-corrected chi connectivity index (χ1v) is 6.83. The summed E-state index contributed by atoms with van der Waals surface area (Å²) in [4.78, 5) is 19.5. The molecule has 5 nitrogen and oxygen atoms in total. The lowest BCUT2D eigenvalue weighted by molar-refractivity contribution is -0.143. The minimum atomic E-state index is -0.744. The van der Waals surface area contributed by atoms with Gasteiger partial charge in [0.1, 0.15) is 11.9 Å². The van der Waals surface area contributed by atoms with Crippen LogP contribution in [0.2, 0.25) is 5.02 Å². The Hall–Kier alpha value is -1.33. The van der Waals surface area contributed by atoms with Gasteiger partial charge in [-0.2, -0.15) is 0 Å². The molecular formula is C13H18ClN3O2. The van der Waals surface area contributed by atoms with E-state index in [4.69, 9.17) is 16.7 Å². The van der Waals surface area contributed by atoms with Gasteiger partial charge in [0.05, 0.1) is 5.02 Å². The number of carbonyl (C=O) groups is 1. The van der Waals surface area contributed by atoms with Gasteiger partial charge in [0.25, 0.3) is 0 Å². The van der Waals surface area contributed by atoms with Crippen LogP contribution in [0.1, 0.15) is 13.3 Å². The molecule has 1 unspecified atom stereocenters. The van der Waals surface area contributed by atoms with Crippen LogP contribution < -0.4 is 4.90 Å². The Bertz CT molecular complexity index is 447. The summed E-state index contributed by atoms with van der Waals surface area (Å²) in [5.74, 6) is 0.0407. The summed E-state index contributed by atoms with van der Waals surface area (Å²) in [5.41, 5.74) is 0. The molecule has 2 rings (SSSR count). The number of carboxylic acids is 1. The van der Waals surface area contributed by atoms with Gasteiger partial charge in [0.2, 0.25) is 0 Å². The number of rotatable bonds is 4. The maximum Gasteiger partial charge on any atom is 0.320 e. The highest BCUT2D eigenvalue weighted by Gasteiger charge is 2.28. The van der Waals surface area contributed by atoms with Crippen LogP contribution in [-0.2, 0) is 4.79 Å². The molecule has 0 bridgehead atoms. The molecule has 0 saturated carbocycles. The Morgan fingerprint density at radius 2 is 2.16 bits per heavy atom. The van der Waals surface area contributed by atoms with Gasteiger partial charge < -0.3 is 10.0 Å². The molecule has 1 fully saturated rings. The molecule has 0 radical (unpaired) electrons. The molecule has 0 aliphatic carbocycles. The molecule has 1 aromatic rings. The molecule has 0 amide bonds. The predicted octanol–water partition coefficient (Wildman–Crippen LogP) is 1.72. The Labute approximate surface area is 117 Å². The molecule has 19 heavy (non-hydrogen) atoms. The largest absolute Gasteiger partial charge is 0.480 e. The van der Waals surface area contributed by atoms with Crippen molar-refractivity contribution in [3.63, 3.8) is 0 Å². The first kappa shape index (κ1) is 14.1. The molecule has 1 atom stereocenters. The summed E-state index contributed by atoms with van der Waals surface area (Å²) in [5, 5.41) is 9.80. The van der Waals surface area contributed by atoms with Crippen LogP contribution in [0, 0.1) is 0 Å². The number of aromatic nitrogens is 1. The molecule has 1 saturated heterocycles. The number of hydrogen-bond donors (Lipinski definition) is 1. The highest BCUT2D eigenvalue weighted by Crippen LogP contribution is 2.23. The van der Waals surface area contributed by atoms with E-state index in [2.05, 4.69) is 9.88 Å². The molecule has 1 aliphatic heterocycles. The van der Waals surface area contributed by atoms with Crippen molar-refractivity contribution in [1.82, 2.24) is 9.88 Å². The van der Waals surface area contributed by atoms with Crippen molar-refractivity contribution in [1.29, 1.82) is 0 Å². The summed E-state index contributed by atoms with van der Waals surface area (Å²) in [6, 6.07) is 3.24.